The highest BCUT2D eigenvalue weighted by atomic mass is 32.1. The Bertz CT molecular complexity index is 1140. The molecule has 0 atom stereocenters. The lowest BCUT2D eigenvalue weighted by atomic mass is 10.00. The third kappa shape index (κ3) is 3.13. The molecule has 4 aromatic rings. The quantitative estimate of drug-likeness (QED) is 0.558. The van der Waals surface area contributed by atoms with Crippen molar-refractivity contribution in [1.29, 1.82) is 0 Å². The molecule has 0 saturated heterocycles. The van der Waals surface area contributed by atoms with Gasteiger partial charge in [0.05, 0.1) is 15.9 Å². The van der Waals surface area contributed by atoms with Gasteiger partial charge in [-0.15, -0.1) is 0 Å². The number of anilines is 1. The number of thiazole rings is 1. The second-order valence-electron chi connectivity index (χ2n) is 6.91. The number of nitrogens with one attached hydrogen (secondary N) is 1. The zero-order valence-electron chi connectivity index (χ0n) is 14.8. The fraction of sp³-hybridized carbons (Fsp3) is 0.190. The topological polar surface area (TPSA) is 59.8 Å². The molecule has 6 heteroatoms. The number of aromatic nitrogens is 3. The van der Waals surface area contributed by atoms with Crippen molar-refractivity contribution in [3.05, 3.63) is 60.4 Å². The summed E-state index contributed by atoms with van der Waals surface area (Å²) in [5.41, 5.74) is 5.45. The molecule has 0 aliphatic heterocycles. The molecule has 1 aliphatic rings. The van der Waals surface area contributed by atoms with E-state index in [0.29, 0.717) is 5.13 Å². The molecule has 5 rings (SSSR count). The van der Waals surface area contributed by atoms with Gasteiger partial charge in [-0.1, -0.05) is 23.5 Å². The van der Waals surface area contributed by atoms with Gasteiger partial charge in [0.1, 0.15) is 0 Å². The van der Waals surface area contributed by atoms with Crippen molar-refractivity contribution in [3.63, 3.8) is 0 Å². The summed E-state index contributed by atoms with van der Waals surface area (Å²) in [5.74, 6) is 0.275. The Morgan fingerprint density at radius 2 is 2.11 bits per heavy atom. The lowest BCUT2D eigenvalue weighted by Gasteiger charge is -2.09. The van der Waals surface area contributed by atoms with Crippen molar-refractivity contribution in [1.82, 2.24) is 14.8 Å². The van der Waals surface area contributed by atoms with Crippen molar-refractivity contribution in [2.45, 2.75) is 19.8 Å². The molecule has 1 N–H and O–H groups in total. The number of nitrogens with zero attached hydrogens (tertiary/aromatic N) is 3. The Hall–Kier alpha value is -2.99. The second kappa shape index (κ2) is 6.32. The monoisotopic (exact) mass is 374 g/mol. The van der Waals surface area contributed by atoms with Gasteiger partial charge in [0.25, 0.3) is 0 Å². The van der Waals surface area contributed by atoms with E-state index in [2.05, 4.69) is 52.7 Å². The van der Waals surface area contributed by atoms with E-state index in [1.807, 2.05) is 23.0 Å². The molecule has 1 saturated carbocycles. The van der Waals surface area contributed by atoms with Crippen molar-refractivity contribution < 1.29 is 4.79 Å². The van der Waals surface area contributed by atoms with Crippen LogP contribution in [0.15, 0.2) is 54.9 Å². The SMILES string of the molecule is Cc1ccc(-n2cccn2)cc1-c1ccc2nc(NC(=O)C3CC3)sc2c1. The molecule has 27 heavy (non-hydrogen) atoms. The molecular weight excluding hydrogens is 356 g/mol. The molecule has 1 aliphatic carbocycles. The molecule has 2 aromatic heterocycles. The normalized spacial score (nSPS) is 13.8. The lowest BCUT2D eigenvalue weighted by molar-refractivity contribution is -0.117. The van der Waals surface area contributed by atoms with E-state index >= 15 is 0 Å². The number of hydrogen-bond donors (Lipinski definition) is 1. The molecule has 0 spiro atoms. The van der Waals surface area contributed by atoms with Gasteiger partial charge < -0.3 is 5.32 Å². The average molecular weight is 374 g/mol. The molecule has 1 amide bonds. The van der Waals surface area contributed by atoms with Crippen LogP contribution in [0, 0.1) is 12.8 Å². The molecule has 1 fully saturated rings. The Kier molecular flexibility index (Phi) is 3.79. The maximum absolute atomic E-state index is 12.0. The lowest BCUT2D eigenvalue weighted by Crippen LogP contribution is -2.12. The summed E-state index contributed by atoms with van der Waals surface area (Å²) in [7, 11) is 0. The smallest absolute Gasteiger partial charge is 0.229 e. The summed E-state index contributed by atoms with van der Waals surface area (Å²) in [6, 6.07) is 14.5. The summed E-state index contributed by atoms with van der Waals surface area (Å²) in [4.78, 5) is 16.5. The van der Waals surface area contributed by atoms with Crippen LogP contribution in [0.5, 0.6) is 0 Å². The van der Waals surface area contributed by atoms with Gasteiger partial charge in [0.2, 0.25) is 5.91 Å². The van der Waals surface area contributed by atoms with Crippen molar-refractivity contribution in [3.8, 4) is 16.8 Å². The van der Waals surface area contributed by atoms with Crippen LogP contribution in [-0.2, 0) is 4.79 Å². The summed E-state index contributed by atoms with van der Waals surface area (Å²) in [5, 5.41) is 7.95. The number of rotatable bonds is 4. The van der Waals surface area contributed by atoms with Crippen LogP contribution in [0.1, 0.15) is 18.4 Å². The predicted molar refractivity (Wildman–Crippen MR) is 108 cm³/mol. The van der Waals surface area contributed by atoms with Gasteiger partial charge >= 0.3 is 0 Å². The zero-order valence-corrected chi connectivity index (χ0v) is 15.7. The van der Waals surface area contributed by atoms with Gasteiger partial charge in [-0.25, -0.2) is 9.67 Å². The van der Waals surface area contributed by atoms with E-state index in [-0.39, 0.29) is 11.8 Å². The minimum atomic E-state index is 0.0945. The first-order chi connectivity index (χ1) is 13.2. The molecule has 2 heterocycles. The minimum Gasteiger partial charge on any atom is -0.302 e. The molecule has 0 bridgehead atoms. The Morgan fingerprint density at radius 1 is 1.22 bits per heavy atom. The van der Waals surface area contributed by atoms with Gasteiger partial charge in [0.15, 0.2) is 5.13 Å². The number of hydrogen-bond acceptors (Lipinski definition) is 4. The van der Waals surface area contributed by atoms with Crippen LogP contribution < -0.4 is 5.32 Å². The van der Waals surface area contributed by atoms with Crippen LogP contribution in [0.4, 0.5) is 5.13 Å². The molecule has 134 valence electrons. The predicted octanol–water partition coefficient (Wildman–Crippen LogP) is 4.81. The molecule has 0 unspecified atom stereocenters. The number of carbonyl (C=O) groups is 1. The highest BCUT2D eigenvalue weighted by Crippen LogP contribution is 2.34. The standard InChI is InChI=1S/C21H18N4OS/c1-13-3-7-16(25-10-2-9-22-25)12-17(13)15-6-8-18-19(11-15)27-21(23-18)24-20(26)14-4-5-14/h2-3,6-12,14H,4-5H2,1H3,(H,23,24,26). The molecule has 5 nitrogen and oxygen atoms in total. The number of fused-ring (bicyclic) bond motifs is 1. The van der Waals surface area contributed by atoms with Gasteiger partial charge in [-0.3, -0.25) is 4.79 Å². The van der Waals surface area contributed by atoms with Crippen LogP contribution >= 0.6 is 11.3 Å². The minimum absolute atomic E-state index is 0.0945. The molecule has 0 radical (unpaired) electrons. The first-order valence-electron chi connectivity index (χ1n) is 9.00. The van der Waals surface area contributed by atoms with Crippen LogP contribution in [0.3, 0.4) is 0 Å². The van der Waals surface area contributed by atoms with Crippen molar-refractivity contribution in [2.75, 3.05) is 5.32 Å². The average Bonchev–Trinajstić information content (AvgIpc) is 3.23. The number of benzene rings is 2. The van der Waals surface area contributed by atoms with Gasteiger partial charge in [-0.2, -0.15) is 5.10 Å². The maximum Gasteiger partial charge on any atom is 0.229 e. The second-order valence-corrected chi connectivity index (χ2v) is 7.95. The maximum atomic E-state index is 12.0. The fourth-order valence-electron chi connectivity index (χ4n) is 3.18. The summed E-state index contributed by atoms with van der Waals surface area (Å²) in [6.07, 6.45) is 5.70. The van der Waals surface area contributed by atoms with E-state index < -0.39 is 0 Å². The number of aryl methyl sites for hydroxylation is 1. The highest BCUT2D eigenvalue weighted by molar-refractivity contribution is 7.22. The summed E-state index contributed by atoms with van der Waals surface area (Å²) in [6.45, 7) is 2.11. The summed E-state index contributed by atoms with van der Waals surface area (Å²) >= 11 is 1.53. The Balaban J connectivity index is 1.51. The van der Waals surface area contributed by atoms with E-state index in [1.165, 1.54) is 22.5 Å². The Labute approximate surface area is 160 Å². The molecular formula is C21H18N4OS. The zero-order chi connectivity index (χ0) is 18.4. The Morgan fingerprint density at radius 3 is 2.89 bits per heavy atom. The summed E-state index contributed by atoms with van der Waals surface area (Å²) < 4.78 is 2.93. The van der Waals surface area contributed by atoms with E-state index in [4.69, 9.17) is 0 Å². The number of amides is 1. The van der Waals surface area contributed by atoms with E-state index in [0.717, 1.165) is 34.3 Å². The van der Waals surface area contributed by atoms with Crippen LogP contribution in [-0.4, -0.2) is 20.7 Å². The van der Waals surface area contributed by atoms with E-state index in [1.54, 1.807) is 6.20 Å². The van der Waals surface area contributed by atoms with Gasteiger partial charge in [0, 0.05) is 18.3 Å². The number of carbonyl (C=O) groups excluding carboxylic acids is 1. The van der Waals surface area contributed by atoms with Crippen LogP contribution in [0.25, 0.3) is 27.0 Å². The van der Waals surface area contributed by atoms with Crippen molar-refractivity contribution in [2.24, 2.45) is 5.92 Å². The van der Waals surface area contributed by atoms with Crippen molar-refractivity contribution >= 4 is 32.6 Å². The van der Waals surface area contributed by atoms with E-state index in [9.17, 15) is 4.79 Å². The van der Waals surface area contributed by atoms with Gasteiger partial charge in [-0.05, 0) is 66.8 Å². The first kappa shape index (κ1) is 16.2. The fourth-order valence-corrected chi connectivity index (χ4v) is 4.09. The first-order valence-corrected chi connectivity index (χ1v) is 9.81. The highest BCUT2D eigenvalue weighted by Gasteiger charge is 2.30. The molecule has 2 aromatic carbocycles. The third-order valence-corrected chi connectivity index (χ3v) is 5.80. The van der Waals surface area contributed by atoms with Crippen LogP contribution in [0.2, 0.25) is 0 Å². The largest absolute Gasteiger partial charge is 0.302 e. The third-order valence-electron chi connectivity index (χ3n) is 4.87.